The molecule has 0 spiro atoms. The molecule has 1 aromatic rings. The van der Waals surface area contributed by atoms with E-state index in [9.17, 15) is 13.2 Å². The van der Waals surface area contributed by atoms with Crippen LogP contribution in [0.4, 0.5) is 0 Å². The summed E-state index contributed by atoms with van der Waals surface area (Å²) < 4.78 is 33.7. The van der Waals surface area contributed by atoms with Crippen LogP contribution in [-0.4, -0.2) is 43.1 Å². The Labute approximate surface area is 130 Å². The average molecular weight is 326 g/mol. The van der Waals surface area contributed by atoms with Crippen LogP contribution >= 0.6 is 0 Å². The molecule has 6 nitrogen and oxygen atoms in total. The van der Waals surface area contributed by atoms with Crippen LogP contribution in [0.1, 0.15) is 38.6 Å². The molecule has 2 heterocycles. The maximum atomic E-state index is 12.6. The molecule has 0 atom stereocenters. The fourth-order valence-electron chi connectivity index (χ4n) is 3.14. The lowest BCUT2D eigenvalue weighted by atomic mass is 9.89. The lowest BCUT2D eigenvalue weighted by molar-refractivity contribution is -0.0206. The summed E-state index contributed by atoms with van der Waals surface area (Å²) in [5.74, 6) is 0. The summed E-state index contributed by atoms with van der Waals surface area (Å²) in [5.41, 5.74) is -0.152. The highest BCUT2D eigenvalue weighted by Crippen LogP contribution is 2.34. The first-order valence-corrected chi connectivity index (χ1v) is 9.30. The van der Waals surface area contributed by atoms with E-state index < -0.39 is 10.0 Å². The normalized spacial score (nSPS) is 26.0. The van der Waals surface area contributed by atoms with Gasteiger partial charge in [-0.25, -0.2) is 8.42 Å². The van der Waals surface area contributed by atoms with Gasteiger partial charge < -0.3 is 9.30 Å². The molecule has 7 heteroatoms. The quantitative estimate of drug-likeness (QED) is 0.819. The van der Waals surface area contributed by atoms with Crippen molar-refractivity contribution in [1.29, 1.82) is 0 Å². The van der Waals surface area contributed by atoms with Gasteiger partial charge in [-0.15, -0.1) is 0 Å². The van der Waals surface area contributed by atoms with E-state index in [0.29, 0.717) is 19.7 Å². The Balaban J connectivity index is 1.83. The van der Waals surface area contributed by atoms with E-state index >= 15 is 0 Å². The summed E-state index contributed by atoms with van der Waals surface area (Å²) in [6, 6.07) is 2.82. The van der Waals surface area contributed by atoms with E-state index in [4.69, 9.17) is 4.74 Å². The molecule has 1 aliphatic heterocycles. The van der Waals surface area contributed by atoms with Gasteiger partial charge in [0.05, 0.1) is 11.0 Å². The second-order valence-corrected chi connectivity index (χ2v) is 7.86. The Morgan fingerprint density at radius 2 is 1.91 bits per heavy atom. The van der Waals surface area contributed by atoms with Gasteiger partial charge in [0.15, 0.2) is 0 Å². The minimum Gasteiger partial charge on any atom is -0.378 e. The molecule has 22 heavy (non-hydrogen) atoms. The summed E-state index contributed by atoms with van der Waals surface area (Å²) in [6.45, 7) is 3.74. The monoisotopic (exact) mass is 326 g/mol. The molecule has 0 unspecified atom stereocenters. The van der Waals surface area contributed by atoms with Crippen molar-refractivity contribution in [3.63, 3.8) is 0 Å². The number of pyridine rings is 1. The number of hydrogen-bond donors (Lipinski definition) is 0. The number of nitrogens with zero attached hydrogens (tertiary/aromatic N) is 2. The summed E-state index contributed by atoms with van der Waals surface area (Å²) >= 11 is 0. The van der Waals surface area contributed by atoms with Crippen molar-refractivity contribution >= 4 is 10.0 Å². The molecule has 1 saturated heterocycles. The van der Waals surface area contributed by atoms with Gasteiger partial charge in [-0.05, 0) is 38.7 Å². The molecule has 0 bridgehead atoms. The smallest absolute Gasteiger partial charge is 0.250 e. The molecule has 0 amide bonds. The van der Waals surface area contributed by atoms with Gasteiger partial charge in [0.1, 0.15) is 0 Å². The summed E-state index contributed by atoms with van der Waals surface area (Å²) in [7, 11) is -3.48. The van der Waals surface area contributed by atoms with Crippen molar-refractivity contribution in [3.05, 3.63) is 28.7 Å². The van der Waals surface area contributed by atoms with Crippen molar-refractivity contribution in [3.8, 4) is 0 Å². The molecule has 3 rings (SSSR count). The van der Waals surface area contributed by atoms with Gasteiger partial charge >= 0.3 is 0 Å². The zero-order chi connectivity index (χ0) is 15.7. The van der Waals surface area contributed by atoms with E-state index in [1.807, 2.05) is 6.92 Å². The molecule has 0 N–H and O–H groups in total. The predicted octanol–water partition coefficient (Wildman–Crippen LogP) is 1.37. The molecule has 1 aromatic heterocycles. The van der Waals surface area contributed by atoms with E-state index in [-0.39, 0.29) is 22.6 Å². The van der Waals surface area contributed by atoms with Crippen molar-refractivity contribution in [2.75, 3.05) is 19.7 Å². The van der Waals surface area contributed by atoms with Crippen LogP contribution in [0.3, 0.4) is 0 Å². The largest absolute Gasteiger partial charge is 0.378 e. The van der Waals surface area contributed by atoms with Gasteiger partial charge in [0.25, 0.3) is 5.56 Å². The third-order valence-corrected chi connectivity index (χ3v) is 6.36. The first-order chi connectivity index (χ1) is 10.5. The molecule has 2 aliphatic rings. The zero-order valence-corrected chi connectivity index (χ0v) is 13.6. The molecule has 0 aromatic carbocycles. The highest BCUT2D eigenvalue weighted by molar-refractivity contribution is 7.89. The second-order valence-electron chi connectivity index (χ2n) is 5.92. The Morgan fingerprint density at radius 3 is 2.55 bits per heavy atom. The van der Waals surface area contributed by atoms with Crippen LogP contribution in [0.5, 0.6) is 0 Å². The number of rotatable bonds is 5. The second kappa shape index (κ2) is 6.14. The lowest BCUT2D eigenvalue weighted by Gasteiger charge is -2.36. The first-order valence-electron chi connectivity index (χ1n) is 7.86. The molecular weight excluding hydrogens is 304 g/mol. The van der Waals surface area contributed by atoms with Crippen LogP contribution < -0.4 is 5.56 Å². The summed E-state index contributed by atoms with van der Waals surface area (Å²) in [6.07, 6.45) is 5.01. The van der Waals surface area contributed by atoms with E-state index in [1.54, 1.807) is 4.57 Å². The van der Waals surface area contributed by atoms with Gasteiger partial charge in [-0.2, -0.15) is 4.31 Å². The van der Waals surface area contributed by atoms with Crippen LogP contribution in [0, 0.1) is 0 Å². The SMILES string of the molecule is CCOC1CC(n2cc(S(=O)(=O)N3CCCC3)ccc2=O)C1. The van der Waals surface area contributed by atoms with Gasteiger partial charge in [-0.3, -0.25) is 4.79 Å². The number of hydrogen-bond acceptors (Lipinski definition) is 4. The van der Waals surface area contributed by atoms with Gasteiger partial charge in [0.2, 0.25) is 10.0 Å². The third-order valence-electron chi connectivity index (χ3n) is 4.48. The highest BCUT2D eigenvalue weighted by Gasteiger charge is 2.33. The van der Waals surface area contributed by atoms with Crippen molar-refractivity contribution < 1.29 is 13.2 Å². The van der Waals surface area contributed by atoms with Crippen molar-refractivity contribution in [2.24, 2.45) is 0 Å². The topological polar surface area (TPSA) is 68.6 Å². The van der Waals surface area contributed by atoms with Crippen LogP contribution in [0.2, 0.25) is 0 Å². The Hall–Kier alpha value is -1.18. The van der Waals surface area contributed by atoms with Crippen molar-refractivity contribution in [2.45, 2.75) is 49.6 Å². The molecule has 0 radical (unpaired) electrons. The third kappa shape index (κ3) is 2.85. The number of aromatic nitrogens is 1. The fourth-order valence-corrected chi connectivity index (χ4v) is 4.66. The lowest BCUT2D eigenvalue weighted by Crippen LogP contribution is -2.38. The maximum Gasteiger partial charge on any atom is 0.250 e. The van der Waals surface area contributed by atoms with Gasteiger partial charge in [0, 0.05) is 38.0 Å². The van der Waals surface area contributed by atoms with Crippen LogP contribution in [-0.2, 0) is 14.8 Å². The van der Waals surface area contributed by atoms with Gasteiger partial charge in [-0.1, -0.05) is 0 Å². The minimum atomic E-state index is -3.48. The van der Waals surface area contributed by atoms with Crippen molar-refractivity contribution in [1.82, 2.24) is 8.87 Å². The van der Waals surface area contributed by atoms with E-state index in [1.165, 1.54) is 22.6 Å². The highest BCUT2D eigenvalue weighted by atomic mass is 32.2. The Morgan fingerprint density at radius 1 is 1.23 bits per heavy atom. The fraction of sp³-hybridized carbons (Fsp3) is 0.667. The summed E-state index contributed by atoms with van der Waals surface area (Å²) in [4.78, 5) is 12.2. The molecular formula is C15H22N2O4S. The number of sulfonamides is 1. The van der Waals surface area contributed by atoms with E-state index in [0.717, 1.165) is 25.7 Å². The maximum absolute atomic E-state index is 12.6. The molecule has 122 valence electrons. The average Bonchev–Trinajstić information content (AvgIpc) is 2.98. The first kappa shape index (κ1) is 15.7. The number of ether oxygens (including phenoxy) is 1. The molecule has 1 aliphatic carbocycles. The van der Waals surface area contributed by atoms with Crippen LogP contribution in [0.15, 0.2) is 28.0 Å². The van der Waals surface area contributed by atoms with Crippen LogP contribution in [0.25, 0.3) is 0 Å². The standard InChI is InChI=1S/C15H22N2O4S/c1-2-21-13-9-12(10-13)17-11-14(5-6-15(17)18)22(19,20)16-7-3-4-8-16/h5-6,11-13H,2-4,7-10H2,1H3. The summed E-state index contributed by atoms with van der Waals surface area (Å²) in [5, 5.41) is 0. The minimum absolute atomic E-state index is 0.0396. The van der Waals surface area contributed by atoms with E-state index in [2.05, 4.69) is 0 Å². The molecule has 2 fully saturated rings. The Kier molecular flexibility index (Phi) is 4.38. The Bertz CT molecular complexity index is 686. The zero-order valence-electron chi connectivity index (χ0n) is 12.8. The molecule has 1 saturated carbocycles. The predicted molar refractivity (Wildman–Crippen MR) is 82.4 cm³/mol.